The quantitative estimate of drug-likeness (QED) is 0.804. The number of hydrogen-bond acceptors (Lipinski definition) is 5. The maximum absolute atomic E-state index is 13.2. The van der Waals surface area contributed by atoms with E-state index in [2.05, 4.69) is 4.98 Å². The Morgan fingerprint density at radius 1 is 1.18 bits per heavy atom. The Balaban J connectivity index is 1.87. The number of Topliss-reactive ketones (excluding diaryl/α,β-unsaturated/α-hetero) is 1. The molecule has 1 atom stereocenters. The van der Waals surface area contributed by atoms with E-state index in [9.17, 15) is 9.59 Å². The van der Waals surface area contributed by atoms with Gasteiger partial charge in [0.1, 0.15) is 11.6 Å². The molecule has 148 valence electrons. The molecule has 2 N–H and O–H groups in total. The molecule has 6 nitrogen and oxygen atoms in total. The number of rotatable bonds is 5. The van der Waals surface area contributed by atoms with Gasteiger partial charge < -0.3 is 15.4 Å². The first-order valence-electron chi connectivity index (χ1n) is 9.53. The number of amides is 1. The Bertz CT molecular complexity index is 900. The molecule has 1 aromatic heterocycles. The molecule has 0 unspecified atom stereocenters. The molecule has 2 heterocycles. The van der Waals surface area contributed by atoms with Gasteiger partial charge in [-0.2, -0.15) is 0 Å². The number of aryl methyl sites for hydroxylation is 3. The van der Waals surface area contributed by atoms with Crippen molar-refractivity contribution in [1.29, 1.82) is 0 Å². The van der Waals surface area contributed by atoms with Crippen LogP contribution >= 0.6 is 0 Å². The number of anilines is 1. The maximum atomic E-state index is 13.2. The molecular weight excluding hydrogens is 354 g/mol. The second kappa shape index (κ2) is 8.00. The zero-order valence-corrected chi connectivity index (χ0v) is 16.9. The van der Waals surface area contributed by atoms with Crippen LogP contribution in [0.15, 0.2) is 24.3 Å². The van der Waals surface area contributed by atoms with Crippen LogP contribution in [0.4, 0.5) is 5.82 Å². The number of primary amides is 1. The van der Waals surface area contributed by atoms with E-state index in [1.165, 1.54) is 0 Å². The predicted octanol–water partition coefficient (Wildman–Crippen LogP) is 3.21. The molecule has 28 heavy (non-hydrogen) atoms. The number of aromatic nitrogens is 1. The van der Waals surface area contributed by atoms with Gasteiger partial charge in [-0.1, -0.05) is 0 Å². The number of ether oxygens (including phenoxy) is 1. The monoisotopic (exact) mass is 381 g/mol. The van der Waals surface area contributed by atoms with Crippen LogP contribution in [0.5, 0.6) is 5.75 Å². The molecule has 2 aromatic rings. The summed E-state index contributed by atoms with van der Waals surface area (Å²) in [5.41, 5.74) is 9.36. The summed E-state index contributed by atoms with van der Waals surface area (Å²) in [6, 6.07) is 7.28. The van der Waals surface area contributed by atoms with Gasteiger partial charge in [0.2, 0.25) is 0 Å². The minimum absolute atomic E-state index is 0.117. The summed E-state index contributed by atoms with van der Waals surface area (Å²) >= 11 is 0. The molecular formula is C22H27N3O3. The van der Waals surface area contributed by atoms with Crippen LogP contribution in [0.3, 0.4) is 0 Å². The van der Waals surface area contributed by atoms with Crippen molar-refractivity contribution in [2.45, 2.75) is 33.6 Å². The highest BCUT2D eigenvalue weighted by Gasteiger charge is 2.29. The summed E-state index contributed by atoms with van der Waals surface area (Å²) in [6.45, 7) is 7.06. The molecule has 1 saturated heterocycles. The number of nitrogens with zero attached hydrogens (tertiary/aromatic N) is 2. The van der Waals surface area contributed by atoms with E-state index in [-0.39, 0.29) is 11.7 Å². The van der Waals surface area contributed by atoms with Gasteiger partial charge in [0.05, 0.1) is 12.7 Å². The van der Waals surface area contributed by atoms with Crippen LogP contribution in [0.25, 0.3) is 0 Å². The number of hydrogen-bond donors (Lipinski definition) is 1. The lowest BCUT2D eigenvalue weighted by Crippen LogP contribution is -2.40. The zero-order valence-electron chi connectivity index (χ0n) is 16.9. The fraction of sp³-hybridized carbons (Fsp3) is 0.409. The normalized spacial score (nSPS) is 16.7. The maximum Gasteiger partial charge on any atom is 0.252 e. The summed E-state index contributed by atoms with van der Waals surface area (Å²) in [5.74, 6) is 0.858. The fourth-order valence-corrected chi connectivity index (χ4v) is 4.01. The highest BCUT2D eigenvalue weighted by molar-refractivity contribution is 6.00. The molecule has 0 bridgehead atoms. The van der Waals surface area contributed by atoms with Crippen LogP contribution in [0, 0.1) is 26.7 Å². The molecule has 6 heteroatoms. The van der Waals surface area contributed by atoms with Crippen LogP contribution in [0.1, 0.15) is 50.4 Å². The van der Waals surface area contributed by atoms with Gasteiger partial charge in [0.25, 0.3) is 5.91 Å². The lowest BCUT2D eigenvalue weighted by Gasteiger charge is -2.34. The van der Waals surface area contributed by atoms with Crippen molar-refractivity contribution in [1.82, 2.24) is 4.98 Å². The van der Waals surface area contributed by atoms with Crippen molar-refractivity contribution in [2.75, 3.05) is 25.1 Å². The van der Waals surface area contributed by atoms with E-state index >= 15 is 0 Å². The van der Waals surface area contributed by atoms with Gasteiger partial charge in [0, 0.05) is 30.3 Å². The first kappa shape index (κ1) is 19.9. The predicted molar refractivity (Wildman–Crippen MR) is 109 cm³/mol. The molecule has 0 aliphatic carbocycles. The van der Waals surface area contributed by atoms with Crippen LogP contribution < -0.4 is 15.4 Å². The molecule has 1 fully saturated rings. The van der Waals surface area contributed by atoms with Crippen LogP contribution in [-0.2, 0) is 0 Å². The van der Waals surface area contributed by atoms with Gasteiger partial charge in [-0.25, -0.2) is 4.98 Å². The third-order valence-electron chi connectivity index (χ3n) is 5.32. The fourth-order valence-electron chi connectivity index (χ4n) is 4.01. The van der Waals surface area contributed by atoms with Crippen molar-refractivity contribution < 1.29 is 14.3 Å². The Kier molecular flexibility index (Phi) is 5.68. The Hall–Kier alpha value is -2.89. The molecule has 3 rings (SSSR count). The Morgan fingerprint density at radius 3 is 2.46 bits per heavy atom. The number of piperidine rings is 1. The molecule has 1 aliphatic rings. The topological polar surface area (TPSA) is 85.5 Å². The van der Waals surface area contributed by atoms with Crippen molar-refractivity contribution in [3.8, 4) is 5.75 Å². The summed E-state index contributed by atoms with van der Waals surface area (Å²) in [5, 5.41) is 0. The number of ketones is 1. The lowest BCUT2D eigenvalue weighted by atomic mass is 9.88. The third-order valence-corrected chi connectivity index (χ3v) is 5.32. The SMILES string of the molecule is COc1c(C)cc(C(=O)[C@H]2CCCN(c3nc(C)ccc3C(N)=O)C2)cc1C. The van der Waals surface area contributed by atoms with E-state index in [4.69, 9.17) is 10.5 Å². The number of methoxy groups -OCH3 is 1. The zero-order chi connectivity index (χ0) is 20.4. The van der Waals surface area contributed by atoms with Gasteiger partial charge >= 0.3 is 0 Å². The summed E-state index contributed by atoms with van der Waals surface area (Å²) < 4.78 is 5.41. The highest BCUT2D eigenvalue weighted by atomic mass is 16.5. The van der Waals surface area contributed by atoms with Crippen molar-refractivity contribution >= 4 is 17.5 Å². The van der Waals surface area contributed by atoms with Gasteiger partial charge in [0.15, 0.2) is 5.78 Å². The third kappa shape index (κ3) is 3.86. The van der Waals surface area contributed by atoms with E-state index < -0.39 is 5.91 Å². The smallest absolute Gasteiger partial charge is 0.252 e. The van der Waals surface area contributed by atoms with Gasteiger partial charge in [-0.05, 0) is 69.0 Å². The first-order valence-corrected chi connectivity index (χ1v) is 9.53. The molecule has 1 aromatic carbocycles. The first-order chi connectivity index (χ1) is 13.3. The minimum atomic E-state index is -0.502. The minimum Gasteiger partial charge on any atom is -0.496 e. The number of nitrogens with two attached hydrogens (primary N) is 1. The largest absolute Gasteiger partial charge is 0.496 e. The lowest BCUT2D eigenvalue weighted by molar-refractivity contribution is 0.0906. The summed E-state index contributed by atoms with van der Waals surface area (Å²) in [7, 11) is 1.64. The summed E-state index contributed by atoms with van der Waals surface area (Å²) in [6.07, 6.45) is 1.68. The van der Waals surface area contributed by atoms with Crippen molar-refractivity contribution in [3.05, 3.63) is 52.2 Å². The van der Waals surface area contributed by atoms with Crippen LogP contribution in [-0.4, -0.2) is 36.9 Å². The van der Waals surface area contributed by atoms with Crippen LogP contribution in [0.2, 0.25) is 0 Å². The molecule has 0 radical (unpaired) electrons. The number of pyridine rings is 1. The summed E-state index contributed by atoms with van der Waals surface area (Å²) in [4.78, 5) is 31.6. The number of carbonyl (C=O) groups is 2. The van der Waals surface area contributed by atoms with Gasteiger partial charge in [-0.3, -0.25) is 9.59 Å². The van der Waals surface area contributed by atoms with E-state index in [1.54, 1.807) is 19.2 Å². The van der Waals surface area contributed by atoms with Gasteiger partial charge in [-0.15, -0.1) is 0 Å². The molecule has 1 amide bonds. The number of carbonyl (C=O) groups excluding carboxylic acids is 2. The average molecular weight is 381 g/mol. The Morgan fingerprint density at radius 2 is 1.86 bits per heavy atom. The van der Waals surface area contributed by atoms with E-state index in [0.717, 1.165) is 42.0 Å². The molecule has 0 saturated carbocycles. The highest BCUT2D eigenvalue weighted by Crippen LogP contribution is 2.30. The van der Waals surface area contributed by atoms with Crippen molar-refractivity contribution in [3.63, 3.8) is 0 Å². The van der Waals surface area contributed by atoms with Crippen molar-refractivity contribution in [2.24, 2.45) is 11.7 Å². The average Bonchev–Trinajstić information content (AvgIpc) is 2.67. The molecule has 1 aliphatic heterocycles. The molecule has 0 spiro atoms. The second-order valence-corrected chi connectivity index (χ2v) is 7.48. The number of benzene rings is 1. The Labute approximate surface area is 165 Å². The second-order valence-electron chi connectivity index (χ2n) is 7.48. The van der Waals surface area contributed by atoms with E-state index in [1.807, 2.05) is 37.8 Å². The van der Waals surface area contributed by atoms with E-state index in [0.29, 0.717) is 23.5 Å². The standard InChI is InChI=1S/C22H27N3O3/c1-13-10-17(11-14(2)20(13)28-4)19(26)16-6-5-9-25(12-16)22-18(21(23)27)8-7-15(3)24-22/h7-8,10-11,16H,5-6,9,12H2,1-4H3,(H2,23,27)/t16-/m0/s1.